The summed E-state index contributed by atoms with van der Waals surface area (Å²) < 4.78 is 21.6. The van der Waals surface area contributed by atoms with Crippen LogP contribution in [0.5, 0.6) is 17.2 Å². The maximum atomic E-state index is 12.5. The molecule has 6 nitrogen and oxygen atoms in total. The third kappa shape index (κ3) is 3.15. The topological polar surface area (TPSA) is 57.2 Å². The van der Waals surface area contributed by atoms with Crippen LogP contribution in [0.3, 0.4) is 0 Å². The summed E-state index contributed by atoms with van der Waals surface area (Å²) in [6.45, 7) is 1.06. The van der Waals surface area contributed by atoms with E-state index in [9.17, 15) is 4.79 Å². The predicted octanol–water partition coefficient (Wildman–Crippen LogP) is 2.27. The first-order valence-corrected chi connectivity index (χ1v) is 8.08. The first-order chi connectivity index (χ1) is 11.1. The SMILES string of the molecule is COCCN1C(=O)C(=Cc2cc3c(cc2OC)OCO3)SC1=S. The molecule has 0 unspecified atom stereocenters. The Morgan fingerprint density at radius 2 is 2.09 bits per heavy atom. The van der Waals surface area contributed by atoms with Gasteiger partial charge in [-0.1, -0.05) is 24.0 Å². The molecule has 2 aliphatic rings. The van der Waals surface area contributed by atoms with Crippen LogP contribution in [0, 0.1) is 0 Å². The van der Waals surface area contributed by atoms with Crippen LogP contribution < -0.4 is 14.2 Å². The van der Waals surface area contributed by atoms with Crippen molar-refractivity contribution in [1.29, 1.82) is 0 Å². The summed E-state index contributed by atoms with van der Waals surface area (Å²) in [4.78, 5) is 14.5. The monoisotopic (exact) mass is 353 g/mol. The lowest BCUT2D eigenvalue weighted by molar-refractivity contribution is -0.122. The third-order valence-electron chi connectivity index (χ3n) is 3.40. The van der Waals surface area contributed by atoms with Crippen molar-refractivity contribution in [3.8, 4) is 17.2 Å². The lowest BCUT2D eigenvalue weighted by Gasteiger charge is -2.13. The van der Waals surface area contributed by atoms with Crippen molar-refractivity contribution in [2.45, 2.75) is 0 Å². The largest absolute Gasteiger partial charge is 0.496 e. The van der Waals surface area contributed by atoms with E-state index in [-0.39, 0.29) is 12.7 Å². The normalized spacial score (nSPS) is 18.2. The van der Waals surface area contributed by atoms with Crippen LogP contribution in [-0.2, 0) is 9.53 Å². The van der Waals surface area contributed by atoms with E-state index in [0.29, 0.717) is 39.6 Å². The Hall–Kier alpha value is -1.77. The Balaban J connectivity index is 1.90. The smallest absolute Gasteiger partial charge is 0.266 e. The average molecular weight is 353 g/mol. The van der Waals surface area contributed by atoms with Crippen LogP contribution >= 0.6 is 24.0 Å². The number of thioether (sulfide) groups is 1. The molecule has 3 rings (SSSR count). The first-order valence-electron chi connectivity index (χ1n) is 6.86. The number of hydrogen-bond acceptors (Lipinski definition) is 7. The summed E-state index contributed by atoms with van der Waals surface area (Å²) in [5.41, 5.74) is 0.740. The quantitative estimate of drug-likeness (QED) is 0.594. The number of fused-ring (bicyclic) bond motifs is 1. The molecule has 0 spiro atoms. The van der Waals surface area contributed by atoms with E-state index >= 15 is 0 Å². The van der Waals surface area contributed by atoms with E-state index in [4.69, 9.17) is 31.2 Å². The molecule has 1 amide bonds. The maximum Gasteiger partial charge on any atom is 0.266 e. The van der Waals surface area contributed by atoms with Crippen molar-refractivity contribution in [1.82, 2.24) is 4.90 Å². The number of carbonyl (C=O) groups excluding carboxylic acids is 1. The molecule has 2 heterocycles. The second-order valence-electron chi connectivity index (χ2n) is 4.77. The molecular formula is C15H15NO5S2. The zero-order chi connectivity index (χ0) is 16.4. The summed E-state index contributed by atoms with van der Waals surface area (Å²) in [6, 6.07) is 3.54. The number of thiocarbonyl (C=S) groups is 1. The van der Waals surface area contributed by atoms with E-state index in [1.807, 2.05) is 0 Å². The molecule has 0 N–H and O–H groups in total. The summed E-state index contributed by atoms with van der Waals surface area (Å²) in [5, 5.41) is 0. The summed E-state index contributed by atoms with van der Waals surface area (Å²) in [6.07, 6.45) is 1.76. The van der Waals surface area contributed by atoms with E-state index < -0.39 is 0 Å². The van der Waals surface area contributed by atoms with E-state index in [1.165, 1.54) is 16.7 Å². The summed E-state index contributed by atoms with van der Waals surface area (Å²) >= 11 is 6.53. The fourth-order valence-corrected chi connectivity index (χ4v) is 3.54. The molecule has 1 aromatic rings. The van der Waals surface area contributed by atoms with Gasteiger partial charge in [-0.15, -0.1) is 0 Å². The van der Waals surface area contributed by atoms with Crippen LogP contribution in [0.4, 0.5) is 0 Å². The van der Waals surface area contributed by atoms with Gasteiger partial charge in [-0.25, -0.2) is 0 Å². The Kier molecular flexibility index (Phi) is 4.74. The van der Waals surface area contributed by atoms with E-state index in [2.05, 4.69) is 0 Å². The molecule has 8 heteroatoms. The average Bonchev–Trinajstić information content (AvgIpc) is 3.10. The van der Waals surface area contributed by atoms with Crippen LogP contribution in [0.1, 0.15) is 5.56 Å². The van der Waals surface area contributed by atoms with Crippen molar-refractivity contribution >= 4 is 40.3 Å². The molecule has 0 saturated carbocycles. The van der Waals surface area contributed by atoms with Crippen molar-refractivity contribution in [2.75, 3.05) is 34.2 Å². The molecule has 0 aromatic heterocycles. The molecule has 122 valence electrons. The molecule has 0 bridgehead atoms. The number of methoxy groups -OCH3 is 2. The van der Waals surface area contributed by atoms with Gasteiger partial charge in [0.15, 0.2) is 11.5 Å². The first kappa shape index (κ1) is 16.1. The highest BCUT2D eigenvalue weighted by Crippen LogP contribution is 2.40. The third-order valence-corrected chi connectivity index (χ3v) is 4.78. The van der Waals surface area contributed by atoms with Gasteiger partial charge in [-0.05, 0) is 12.1 Å². The van der Waals surface area contributed by atoms with Gasteiger partial charge in [0, 0.05) is 18.7 Å². The standard InChI is InChI=1S/C15H15NO5S2/c1-18-4-3-16-14(17)13(23-15(16)22)6-9-5-11-12(21-8-20-11)7-10(9)19-2/h5-7H,3-4,8H2,1-2H3. The van der Waals surface area contributed by atoms with E-state index in [1.54, 1.807) is 32.4 Å². The Bertz CT molecular complexity index is 689. The van der Waals surface area contributed by atoms with Gasteiger partial charge in [-0.3, -0.25) is 9.69 Å². The highest BCUT2D eigenvalue weighted by Gasteiger charge is 2.32. The molecule has 0 radical (unpaired) electrons. The number of amides is 1. The lowest BCUT2D eigenvalue weighted by Crippen LogP contribution is -2.31. The fraction of sp³-hybridized carbons (Fsp3) is 0.333. The van der Waals surface area contributed by atoms with Gasteiger partial charge in [0.1, 0.15) is 10.1 Å². The predicted molar refractivity (Wildman–Crippen MR) is 90.9 cm³/mol. The minimum Gasteiger partial charge on any atom is -0.496 e. The van der Waals surface area contributed by atoms with Gasteiger partial charge in [0.25, 0.3) is 5.91 Å². The molecule has 1 fully saturated rings. The number of rotatable bonds is 5. The van der Waals surface area contributed by atoms with Gasteiger partial charge < -0.3 is 18.9 Å². The van der Waals surface area contributed by atoms with Crippen molar-refractivity contribution in [3.05, 3.63) is 22.6 Å². The summed E-state index contributed by atoms with van der Waals surface area (Å²) in [7, 11) is 3.16. The minimum atomic E-state index is -0.128. The lowest BCUT2D eigenvalue weighted by atomic mass is 10.1. The highest BCUT2D eigenvalue weighted by molar-refractivity contribution is 8.26. The Morgan fingerprint density at radius 3 is 2.78 bits per heavy atom. The van der Waals surface area contributed by atoms with Crippen LogP contribution in [-0.4, -0.2) is 49.3 Å². The maximum absolute atomic E-state index is 12.5. The van der Waals surface area contributed by atoms with Crippen LogP contribution in [0.15, 0.2) is 17.0 Å². The second-order valence-corrected chi connectivity index (χ2v) is 6.45. The highest BCUT2D eigenvalue weighted by atomic mass is 32.2. The van der Waals surface area contributed by atoms with E-state index in [0.717, 1.165) is 5.56 Å². The summed E-state index contributed by atoms with van der Waals surface area (Å²) in [5.74, 6) is 1.74. The number of hydrogen-bond donors (Lipinski definition) is 0. The molecule has 1 aromatic carbocycles. The number of carbonyl (C=O) groups is 1. The van der Waals surface area contributed by atoms with Crippen molar-refractivity contribution in [2.24, 2.45) is 0 Å². The Morgan fingerprint density at radius 1 is 1.35 bits per heavy atom. The number of ether oxygens (including phenoxy) is 4. The van der Waals surface area contributed by atoms with Crippen LogP contribution in [0.25, 0.3) is 6.08 Å². The number of benzene rings is 1. The van der Waals surface area contributed by atoms with Gasteiger partial charge in [-0.2, -0.15) is 0 Å². The second kappa shape index (κ2) is 6.77. The molecule has 23 heavy (non-hydrogen) atoms. The zero-order valence-electron chi connectivity index (χ0n) is 12.7. The minimum absolute atomic E-state index is 0.128. The molecule has 0 atom stereocenters. The Labute approximate surface area is 143 Å². The number of nitrogens with zero attached hydrogens (tertiary/aromatic N) is 1. The van der Waals surface area contributed by atoms with Gasteiger partial charge >= 0.3 is 0 Å². The van der Waals surface area contributed by atoms with Gasteiger partial charge in [0.05, 0.1) is 25.2 Å². The zero-order valence-corrected chi connectivity index (χ0v) is 14.3. The van der Waals surface area contributed by atoms with Crippen molar-refractivity contribution < 1.29 is 23.7 Å². The molecule has 2 aliphatic heterocycles. The molecule has 0 aliphatic carbocycles. The van der Waals surface area contributed by atoms with Crippen molar-refractivity contribution in [3.63, 3.8) is 0 Å². The molecular weight excluding hydrogens is 338 g/mol. The van der Waals surface area contributed by atoms with Gasteiger partial charge in [0.2, 0.25) is 6.79 Å². The fourth-order valence-electron chi connectivity index (χ4n) is 2.25. The van der Waals surface area contributed by atoms with Crippen LogP contribution in [0.2, 0.25) is 0 Å². The molecule has 1 saturated heterocycles.